The van der Waals surface area contributed by atoms with Gasteiger partial charge in [-0.3, -0.25) is 0 Å². The van der Waals surface area contributed by atoms with Gasteiger partial charge < -0.3 is 9.47 Å². The van der Waals surface area contributed by atoms with Gasteiger partial charge in [0, 0.05) is 5.56 Å². The predicted octanol–water partition coefficient (Wildman–Crippen LogP) is 5.11. The second-order valence-corrected chi connectivity index (χ2v) is 5.90. The highest BCUT2D eigenvalue weighted by atomic mass is 79.9. The molecule has 0 heterocycles. The quantitative estimate of drug-likeness (QED) is 0.696. The minimum absolute atomic E-state index is 0.109. The fraction of sp³-hybridized carbons (Fsp3) is 0.294. The Balaban J connectivity index is 2.35. The molecule has 112 valence electrons. The van der Waals surface area contributed by atoms with Crippen molar-refractivity contribution in [3.8, 4) is 11.5 Å². The van der Waals surface area contributed by atoms with Crippen molar-refractivity contribution in [2.75, 3.05) is 7.11 Å². The maximum Gasteiger partial charge on any atom is 0.123 e. The molecule has 0 aromatic heterocycles. The standard InChI is InChI=1S/C17H18BrFO2/c1-11(2)21-14-6-4-5-12(9-14)17(18)15-10-13(19)7-8-16(15)20-3/h4-11,17H,1-3H3. The van der Waals surface area contributed by atoms with Crippen LogP contribution in [0.25, 0.3) is 0 Å². The highest BCUT2D eigenvalue weighted by Crippen LogP contribution is 2.38. The molecule has 0 saturated carbocycles. The Morgan fingerprint density at radius 3 is 2.52 bits per heavy atom. The van der Waals surface area contributed by atoms with Crippen molar-refractivity contribution in [2.45, 2.75) is 24.8 Å². The highest BCUT2D eigenvalue weighted by Gasteiger charge is 2.17. The molecule has 1 unspecified atom stereocenters. The van der Waals surface area contributed by atoms with Crippen LogP contribution in [0.3, 0.4) is 0 Å². The van der Waals surface area contributed by atoms with Crippen molar-refractivity contribution in [1.82, 2.24) is 0 Å². The van der Waals surface area contributed by atoms with Gasteiger partial charge in [-0.15, -0.1) is 0 Å². The summed E-state index contributed by atoms with van der Waals surface area (Å²) in [5.41, 5.74) is 1.73. The Kier molecular flexibility index (Phi) is 5.23. The lowest BCUT2D eigenvalue weighted by molar-refractivity contribution is 0.242. The van der Waals surface area contributed by atoms with E-state index in [1.807, 2.05) is 38.1 Å². The average Bonchev–Trinajstić information content (AvgIpc) is 2.46. The van der Waals surface area contributed by atoms with E-state index < -0.39 is 0 Å². The van der Waals surface area contributed by atoms with E-state index in [4.69, 9.17) is 9.47 Å². The lowest BCUT2D eigenvalue weighted by Gasteiger charge is -2.16. The van der Waals surface area contributed by atoms with Gasteiger partial charge in [0.25, 0.3) is 0 Å². The average molecular weight is 353 g/mol. The monoisotopic (exact) mass is 352 g/mol. The molecule has 0 saturated heterocycles. The number of benzene rings is 2. The number of halogens is 2. The maximum absolute atomic E-state index is 13.5. The van der Waals surface area contributed by atoms with Crippen LogP contribution in [0.15, 0.2) is 42.5 Å². The summed E-state index contributed by atoms with van der Waals surface area (Å²) in [6.07, 6.45) is 0.109. The Morgan fingerprint density at radius 1 is 1.10 bits per heavy atom. The van der Waals surface area contributed by atoms with Crippen LogP contribution in [0.1, 0.15) is 29.8 Å². The molecule has 0 radical (unpaired) electrons. The fourth-order valence-corrected chi connectivity index (χ4v) is 2.74. The van der Waals surface area contributed by atoms with E-state index >= 15 is 0 Å². The number of hydrogen-bond acceptors (Lipinski definition) is 2. The number of ether oxygens (including phenoxy) is 2. The van der Waals surface area contributed by atoms with Crippen LogP contribution in [0.4, 0.5) is 4.39 Å². The van der Waals surface area contributed by atoms with Crippen LogP contribution in [0.2, 0.25) is 0 Å². The van der Waals surface area contributed by atoms with Gasteiger partial charge in [0.05, 0.1) is 18.0 Å². The van der Waals surface area contributed by atoms with Gasteiger partial charge in [-0.2, -0.15) is 0 Å². The molecular formula is C17H18BrFO2. The van der Waals surface area contributed by atoms with Gasteiger partial charge in [0.2, 0.25) is 0 Å². The van der Waals surface area contributed by atoms with Gasteiger partial charge >= 0.3 is 0 Å². The second kappa shape index (κ2) is 6.94. The Morgan fingerprint density at radius 2 is 1.86 bits per heavy atom. The third-order valence-electron chi connectivity index (χ3n) is 2.99. The lowest BCUT2D eigenvalue weighted by atomic mass is 10.0. The van der Waals surface area contributed by atoms with Crippen molar-refractivity contribution in [3.05, 3.63) is 59.4 Å². The minimum Gasteiger partial charge on any atom is -0.496 e. The Labute approximate surface area is 133 Å². The molecule has 0 amide bonds. The first-order chi connectivity index (χ1) is 10.0. The largest absolute Gasteiger partial charge is 0.496 e. The van der Waals surface area contributed by atoms with Crippen molar-refractivity contribution in [3.63, 3.8) is 0 Å². The molecule has 0 aliphatic carbocycles. The van der Waals surface area contributed by atoms with Crippen LogP contribution >= 0.6 is 15.9 Å². The highest BCUT2D eigenvalue weighted by molar-refractivity contribution is 9.09. The number of rotatable bonds is 5. The van der Waals surface area contributed by atoms with Crippen LogP contribution in [-0.2, 0) is 0 Å². The molecule has 0 N–H and O–H groups in total. The Hall–Kier alpha value is -1.55. The summed E-state index contributed by atoms with van der Waals surface area (Å²) in [6, 6.07) is 12.3. The zero-order chi connectivity index (χ0) is 15.4. The topological polar surface area (TPSA) is 18.5 Å². The zero-order valence-corrected chi connectivity index (χ0v) is 13.9. The molecule has 0 fully saturated rings. The summed E-state index contributed by atoms with van der Waals surface area (Å²) in [5, 5.41) is 0. The summed E-state index contributed by atoms with van der Waals surface area (Å²) in [4.78, 5) is -0.168. The van der Waals surface area contributed by atoms with E-state index in [1.54, 1.807) is 13.2 Å². The summed E-state index contributed by atoms with van der Waals surface area (Å²) >= 11 is 3.62. The zero-order valence-electron chi connectivity index (χ0n) is 12.3. The van der Waals surface area contributed by atoms with Gasteiger partial charge in [-0.1, -0.05) is 28.1 Å². The molecular weight excluding hydrogens is 335 g/mol. The third-order valence-corrected chi connectivity index (χ3v) is 4.01. The van der Waals surface area contributed by atoms with Gasteiger partial charge in [-0.25, -0.2) is 4.39 Å². The number of alkyl halides is 1. The van der Waals surface area contributed by atoms with Crippen LogP contribution in [0, 0.1) is 5.82 Å². The van der Waals surface area contributed by atoms with Gasteiger partial charge in [0.1, 0.15) is 17.3 Å². The van der Waals surface area contributed by atoms with Crippen molar-refractivity contribution in [2.24, 2.45) is 0 Å². The fourth-order valence-electron chi connectivity index (χ4n) is 2.10. The SMILES string of the molecule is COc1ccc(F)cc1C(Br)c1cccc(OC(C)C)c1. The van der Waals surface area contributed by atoms with Gasteiger partial charge in [-0.05, 0) is 49.7 Å². The summed E-state index contributed by atoms with van der Waals surface area (Å²) in [7, 11) is 1.58. The maximum atomic E-state index is 13.5. The molecule has 4 heteroatoms. The second-order valence-electron chi connectivity index (χ2n) is 4.99. The summed E-state index contributed by atoms with van der Waals surface area (Å²) in [5.74, 6) is 1.15. The molecule has 2 aromatic rings. The third kappa shape index (κ3) is 3.97. The van der Waals surface area contributed by atoms with Crippen LogP contribution in [-0.4, -0.2) is 13.2 Å². The Bertz CT molecular complexity index is 613. The first kappa shape index (κ1) is 15.8. The number of methoxy groups -OCH3 is 1. The molecule has 0 aliphatic rings. The van der Waals surface area contributed by atoms with E-state index in [1.165, 1.54) is 12.1 Å². The van der Waals surface area contributed by atoms with Crippen LogP contribution < -0.4 is 9.47 Å². The van der Waals surface area contributed by atoms with Crippen LogP contribution in [0.5, 0.6) is 11.5 Å². The molecule has 0 aliphatic heterocycles. The van der Waals surface area contributed by atoms with Crippen molar-refractivity contribution in [1.29, 1.82) is 0 Å². The first-order valence-electron chi connectivity index (χ1n) is 6.75. The lowest BCUT2D eigenvalue weighted by Crippen LogP contribution is -2.06. The molecule has 21 heavy (non-hydrogen) atoms. The van der Waals surface area contributed by atoms with E-state index in [0.29, 0.717) is 5.75 Å². The van der Waals surface area contributed by atoms with Crippen molar-refractivity contribution >= 4 is 15.9 Å². The summed E-state index contributed by atoms with van der Waals surface area (Å²) in [6.45, 7) is 3.96. The molecule has 2 aromatic carbocycles. The summed E-state index contributed by atoms with van der Waals surface area (Å²) < 4.78 is 24.5. The first-order valence-corrected chi connectivity index (χ1v) is 7.67. The predicted molar refractivity (Wildman–Crippen MR) is 85.9 cm³/mol. The molecule has 0 spiro atoms. The normalized spacial score (nSPS) is 12.3. The van der Waals surface area contributed by atoms with Crippen molar-refractivity contribution < 1.29 is 13.9 Å². The molecule has 2 nitrogen and oxygen atoms in total. The van der Waals surface area contributed by atoms with E-state index in [0.717, 1.165) is 16.9 Å². The number of hydrogen-bond donors (Lipinski definition) is 0. The smallest absolute Gasteiger partial charge is 0.123 e. The minimum atomic E-state index is -0.287. The van der Waals surface area contributed by atoms with E-state index in [-0.39, 0.29) is 16.7 Å². The molecule has 2 rings (SSSR count). The van der Waals surface area contributed by atoms with E-state index in [2.05, 4.69) is 15.9 Å². The molecule has 1 atom stereocenters. The molecule has 0 bridgehead atoms. The van der Waals surface area contributed by atoms with Gasteiger partial charge in [0.15, 0.2) is 0 Å². The van der Waals surface area contributed by atoms with E-state index in [9.17, 15) is 4.39 Å².